The first-order chi connectivity index (χ1) is 25.5. The van der Waals surface area contributed by atoms with Gasteiger partial charge in [-0.25, -0.2) is 14.8 Å². The molecule has 12 nitrogen and oxygen atoms in total. The molecule has 4 heterocycles. The number of thiophene rings is 1. The molecule has 0 spiro atoms. The highest BCUT2D eigenvalue weighted by Crippen LogP contribution is 2.39. The van der Waals surface area contributed by atoms with E-state index in [-0.39, 0.29) is 44.1 Å². The molecule has 0 aliphatic carbocycles. The van der Waals surface area contributed by atoms with Crippen LogP contribution in [0, 0.1) is 26.7 Å². The molecule has 1 amide bonds. The first kappa shape index (κ1) is 37.8. The van der Waals surface area contributed by atoms with Crippen LogP contribution in [0.4, 0.5) is 0 Å². The molecule has 14 heteroatoms. The average Bonchev–Trinajstić information content (AvgIpc) is 3.62. The number of rotatable bonds is 14. The minimum Gasteiger partial charge on any atom is -0.488 e. The number of fused-ring (bicyclic) bond motifs is 3. The third-order valence-electron chi connectivity index (χ3n) is 8.70. The highest BCUT2D eigenvalue weighted by molar-refractivity contribution is 7.15. The molecular weight excluding hydrogens is 714 g/mol. The maximum Gasteiger partial charge on any atom is 0.332 e. The van der Waals surface area contributed by atoms with Crippen LogP contribution in [0.25, 0.3) is 16.4 Å². The smallest absolute Gasteiger partial charge is 0.332 e. The summed E-state index contributed by atoms with van der Waals surface area (Å²) in [6.45, 7) is 12.7. The van der Waals surface area contributed by atoms with Gasteiger partial charge in [0.1, 0.15) is 30.1 Å². The zero-order valence-corrected chi connectivity index (χ0v) is 32.1. The minimum absolute atomic E-state index is 0.0871. The van der Waals surface area contributed by atoms with Crippen LogP contribution >= 0.6 is 22.9 Å². The zero-order chi connectivity index (χ0) is 37.6. The van der Waals surface area contributed by atoms with E-state index in [9.17, 15) is 9.59 Å². The van der Waals surface area contributed by atoms with Crippen LogP contribution in [-0.4, -0.2) is 68.7 Å². The maximum absolute atomic E-state index is 13.6. The number of nitrogens with one attached hydrogen (secondary N) is 1. The van der Waals surface area contributed by atoms with E-state index in [1.54, 1.807) is 23.7 Å². The molecule has 0 unspecified atom stereocenters. The van der Waals surface area contributed by atoms with Crippen molar-refractivity contribution in [1.29, 1.82) is 0 Å². The number of esters is 1. The molecule has 1 N–H and O–H groups in total. The lowest BCUT2D eigenvalue weighted by molar-refractivity contribution is -0.150. The van der Waals surface area contributed by atoms with E-state index in [2.05, 4.69) is 39.3 Å². The van der Waals surface area contributed by atoms with Crippen LogP contribution in [0.2, 0.25) is 5.02 Å². The van der Waals surface area contributed by atoms with E-state index in [0.29, 0.717) is 29.0 Å². The largest absolute Gasteiger partial charge is 0.488 e. The third-order valence-corrected chi connectivity index (χ3v) is 10.1. The van der Waals surface area contributed by atoms with Gasteiger partial charge in [-0.2, -0.15) is 0 Å². The van der Waals surface area contributed by atoms with E-state index in [4.69, 9.17) is 30.8 Å². The second-order valence-corrected chi connectivity index (χ2v) is 14.9. The molecule has 1 aliphatic heterocycles. The first-order valence-electron chi connectivity index (χ1n) is 17.4. The number of carbonyl (C=O) groups excluding carboxylic acids is 2. The molecule has 276 valence electrons. The molecule has 0 fully saturated rings. The highest BCUT2D eigenvalue weighted by Gasteiger charge is 2.32. The number of aromatic nitrogens is 5. The predicted octanol–water partition coefficient (Wildman–Crippen LogP) is 7.12. The third kappa shape index (κ3) is 8.98. The lowest BCUT2D eigenvalue weighted by atomic mass is 9.99. The van der Waals surface area contributed by atoms with Gasteiger partial charge in [0.15, 0.2) is 17.4 Å². The summed E-state index contributed by atoms with van der Waals surface area (Å²) in [5.74, 6) is 2.10. The van der Waals surface area contributed by atoms with Gasteiger partial charge < -0.3 is 19.5 Å². The zero-order valence-electron chi connectivity index (χ0n) is 30.6. The SMILES string of the molecule is Cc1sc2c(c1C)C(c1ccc(Cl)cc1)=N[C@@H](CC(=O)N[C@@H](C)c1ccc(-c3ncc(OCCOCC(=O)OCC(C)C)cn3)cc1)c1nnc(C)n1-2. The molecule has 0 bridgehead atoms. The summed E-state index contributed by atoms with van der Waals surface area (Å²) in [6, 6.07) is 14.5. The molecule has 5 aromatic rings. The Balaban J connectivity index is 1.08. The van der Waals surface area contributed by atoms with Crippen LogP contribution in [0.5, 0.6) is 5.75 Å². The number of nitrogens with zero attached hydrogens (tertiary/aromatic N) is 6. The van der Waals surface area contributed by atoms with Crippen molar-refractivity contribution in [3.63, 3.8) is 0 Å². The summed E-state index contributed by atoms with van der Waals surface area (Å²) in [6.07, 6.45) is 3.27. The number of amides is 1. The lowest BCUT2D eigenvalue weighted by Gasteiger charge is -2.17. The maximum atomic E-state index is 13.6. The quantitative estimate of drug-likeness (QED) is 0.0926. The molecular formula is C39H42ClN7O5S. The molecule has 2 aromatic carbocycles. The average molecular weight is 756 g/mol. The summed E-state index contributed by atoms with van der Waals surface area (Å²) in [5.41, 5.74) is 5.61. The van der Waals surface area contributed by atoms with Crippen molar-refractivity contribution >= 4 is 40.5 Å². The number of carbonyl (C=O) groups is 2. The Morgan fingerprint density at radius 2 is 1.64 bits per heavy atom. The molecule has 0 saturated heterocycles. The van der Waals surface area contributed by atoms with Crippen LogP contribution in [0.3, 0.4) is 0 Å². The summed E-state index contributed by atoms with van der Waals surface area (Å²) in [7, 11) is 0. The Bertz CT molecular complexity index is 2090. The van der Waals surface area contributed by atoms with E-state index in [1.807, 2.05) is 80.8 Å². The van der Waals surface area contributed by atoms with Gasteiger partial charge in [0, 0.05) is 26.6 Å². The van der Waals surface area contributed by atoms with Crippen molar-refractivity contribution < 1.29 is 23.8 Å². The van der Waals surface area contributed by atoms with Crippen molar-refractivity contribution in [3.8, 4) is 22.1 Å². The van der Waals surface area contributed by atoms with Crippen molar-refractivity contribution in [2.45, 2.75) is 60.0 Å². The Morgan fingerprint density at radius 1 is 0.943 bits per heavy atom. The molecule has 53 heavy (non-hydrogen) atoms. The summed E-state index contributed by atoms with van der Waals surface area (Å²) in [5, 5.41) is 13.7. The van der Waals surface area contributed by atoms with Gasteiger partial charge in [0.2, 0.25) is 5.91 Å². The molecule has 3 aromatic heterocycles. The number of aliphatic imine (C=N–C) groups is 1. The number of hydrogen-bond donors (Lipinski definition) is 1. The predicted molar refractivity (Wildman–Crippen MR) is 204 cm³/mol. The number of ether oxygens (including phenoxy) is 3. The van der Waals surface area contributed by atoms with E-state index < -0.39 is 12.0 Å². The van der Waals surface area contributed by atoms with Gasteiger partial charge >= 0.3 is 5.97 Å². The minimum atomic E-state index is -0.564. The monoisotopic (exact) mass is 755 g/mol. The summed E-state index contributed by atoms with van der Waals surface area (Å²) >= 11 is 7.91. The van der Waals surface area contributed by atoms with Gasteiger partial charge in [-0.3, -0.25) is 14.4 Å². The Labute approximate surface area is 317 Å². The summed E-state index contributed by atoms with van der Waals surface area (Å²) in [4.78, 5) is 40.5. The van der Waals surface area contributed by atoms with Crippen molar-refractivity contribution in [1.82, 2.24) is 30.0 Å². The van der Waals surface area contributed by atoms with E-state index in [0.717, 1.165) is 44.4 Å². The second kappa shape index (κ2) is 16.8. The standard InChI is InChI=1S/C39H42ClN7O5S/c1-22(2)20-52-34(49)21-50-15-16-51-31-18-41-37(42-19-31)29-9-7-27(8-10-29)24(4)43-33(48)17-32-38-46-45-26(6)47(38)39-35(23(3)25(5)53-39)36(44-32)28-11-13-30(40)14-12-28/h7-14,18-19,22,24,32H,15-17,20-21H2,1-6H3,(H,43,48)/t24-,32-/m0/s1. The molecule has 1 aliphatic rings. The second-order valence-electron chi connectivity index (χ2n) is 13.2. The van der Waals surface area contributed by atoms with E-state index in [1.165, 1.54) is 4.88 Å². The van der Waals surface area contributed by atoms with Gasteiger partial charge in [-0.15, -0.1) is 21.5 Å². The van der Waals surface area contributed by atoms with Crippen molar-refractivity contribution in [3.05, 3.63) is 105 Å². The van der Waals surface area contributed by atoms with Crippen LogP contribution in [-0.2, 0) is 19.1 Å². The van der Waals surface area contributed by atoms with E-state index >= 15 is 0 Å². The molecule has 0 radical (unpaired) electrons. The Morgan fingerprint density at radius 3 is 2.34 bits per heavy atom. The lowest BCUT2D eigenvalue weighted by Crippen LogP contribution is -2.28. The molecule has 6 rings (SSSR count). The van der Waals surface area contributed by atoms with Crippen molar-refractivity contribution in [2.24, 2.45) is 10.9 Å². The van der Waals surface area contributed by atoms with Gasteiger partial charge in [0.25, 0.3) is 0 Å². The van der Waals surface area contributed by atoms with Crippen LogP contribution in [0.1, 0.15) is 78.1 Å². The van der Waals surface area contributed by atoms with Gasteiger partial charge in [-0.05, 0) is 56.9 Å². The fourth-order valence-electron chi connectivity index (χ4n) is 5.83. The fourth-order valence-corrected chi connectivity index (χ4v) is 7.17. The molecule has 2 atom stereocenters. The van der Waals surface area contributed by atoms with Gasteiger partial charge in [-0.1, -0.05) is 61.8 Å². The van der Waals surface area contributed by atoms with Crippen LogP contribution in [0.15, 0.2) is 65.9 Å². The number of benzene rings is 2. The fraction of sp³-hybridized carbons (Fsp3) is 0.359. The summed E-state index contributed by atoms with van der Waals surface area (Å²) < 4.78 is 18.1. The Hall–Kier alpha value is -4.98. The Kier molecular flexibility index (Phi) is 12.0. The van der Waals surface area contributed by atoms with Crippen molar-refractivity contribution in [2.75, 3.05) is 26.4 Å². The highest BCUT2D eigenvalue weighted by atomic mass is 35.5. The normalized spacial score (nSPS) is 14.2. The number of aryl methyl sites for hydroxylation is 2. The van der Waals surface area contributed by atoms with Crippen LogP contribution < -0.4 is 10.1 Å². The first-order valence-corrected chi connectivity index (χ1v) is 18.6. The topological polar surface area (TPSA) is 143 Å². The number of hydrogen-bond acceptors (Lipinski definition) is 11. The number of halogens is 1. The van der Waals surface area contributed by atoms with Gasteiger partial charge in [0.05, 0.1) is 43.8 Å². The molecule has 0 saturated carbocycles.